The molecule has 7 nitrogen and oxygen atoms in total. The van der Waals surface area contributed by atoms with Gasteiger partial charge in [0.25, 0.3) is 10.0 Å². The molecular weight excluding hydrogens is 412 g/mol. The Balaban J connectivity index is 1.33. The van der Waals surface area contributed by atoms with E-state index < -0.39 is 10.0 Å². The zero-order valence-corrected chi connectivity index (χ0v) is 17.3. The lowest BCUT2D eigenvalue weighted by Gasteiger charge is -2.36. The summed E-state index contributed by atoms with van der Waals surface area (Å²) in [7, 11) is -3.72. The Hall–Kier alpha value is -2.58. The van der Waals surface area contributed by atoms with E-state index in [1.54, 1.807) is 18.2 Å². The predicted molar refractivity (Wildman–Crippen MR) is 114 cm³/mol. The highest BCUT2D eigenvalue weighted by Crippen LogP contribution is 2.27. The number of para-hydroxylation sites is 1. The van der Waals surface area contributed by atoms with Gasteiger partial charge in [0.05, 0.1) is 5.69 Å². The fourth-order valence-corrected chi connectivity index (χ4v) is 4.90. The van der Waals surface area contributed by atoms with E-state index >= 15 is 0 Å². The van der Waals surface area contributed by atoms with Gasteiger partial charge in [-0.05, 0) is 30.3 Å². The minimum Gasteiger partial charge on any atom is -0.368 e. The van der Waals surface area contributed by atoms with Crippen molar-refractivity contribution in [3.63, 3.8) is 0 Å². The number of nitrogens with one attached hydrogen (secondary N) is 1. The first-order valence-corrected chi connectivity index (χ1v) is 11.2. The molecule has 0 saturated carbocycles. The quantitative estimate of drug-likeness (QED) is 0.803. The number of fused-ring (bicyclic) bond motifs is 1. The van der Waals surface area contributed by atoms with Crippen LogP contribution in [0.3, 0.4) is 0 Å². The smallest absolute Gasteiger partial charge is 0.286 e. The van der Waals surface area contributed by atoms with Crippen molar-refractivity contribution in [3.05, 3.63) is 53.6 Å². The summed E-state index contributed by atoms with van der Waals surface area (Å²) in [4.78, 5) is 16.8. The Bertz CT molecular complexity index is 1060. The van der Waals surface area contributed by atoms with Crippen molar-refractivity contribution in [2.45, 2.75) is 17.7 Å². The molecule has 1 N–H and O–H groups in total. The van der Waals surface area contributed by atoms with Gasteiger partial charge >= 0.3 is 0 Å². The number of rotatable bonds is 4. The lowest BCUT2D eigenvalue weighted by molar-refractivity contribution is -0.131. The molecule has 2 aliphatic heterocycles. The van der Waals surface area contributed by atoms with Crippen molar-refractivity contribution in [2.24, 2.45) is 4.40 Å². The van der Waals surface area contributed by atoms with Gasteiger partial charge in [0.1, 0.15) is 10.7 Å². The van der Waals surface area contributed by atoms with E-state index in [1.165, 1.54) is 6.07 Å². The van der Waals surface area contributed by atoms with Crippen molar-refractivity contribution in [1.82, 2.24) is 4.90 Å². The predicted octanol–water partition coefficient (Wildman–Crippen LogP) is 2.98. The Labute approximate surface area is 175 Å². The number of halogens is 1. The second-order valence-corrected chi connectivity index (χ2v) is 8.99. The molecule has 1 saturated heterocycles. The van der Waals surface area contributed by atoms with Gasteiger partial charge in [-0.3, -0.25) is 4.79 Å². The molecule has 1 amide bonds. The number of amides is 1. The van der Waals surface area contributed by atoms with Gasteiger partial charge in [0.15, 0.2) is 0 Å². The van der Waals surface area contributed by atoms with Crippen molar-refractivity contribution >= 4 is 44.7 Å². The van der Waals surface area contributed by atoms with Gasteiger partial charge in [0.2, 0.25) is 5.91 Å². The van der Waals surface area contributed by atoms with Crippen LogP contribution in [0.15, 0.2) is 57.8 Å². The number of sulfonamides is 1. The van der Waals surface area contributed by atoms with Crippen LogP contribution in [-0.4, -0.2) is 51.2 Å². The molecule has 0 bridgehead atoms. The molecular formula is C20H21ClN4O3S. The Morgan fingerprint density at radius 1 is 1.07 bits per heavy atom. The van der Waals surface area contributed by atoms with Crippen molar-refractivity contribution in [1.29, 1.82) is 0 Å². The zero-order chi connectivity index (χ0) is 20.4. The number of hydrogen-bond donors (Lipinski definition) is 1. The van der Waals surface area contributed by atoms with Crippen LogP contribution in [-0.2, 0) is 14.8 Å². The third-order valence-corrected chi connectivity index (χ3v) is 6.66. The minimum atomic E-state index is -3.72. The lowest BCUT2D eigenvalue weighted by atomic mass is 10.2. The molecule has 0 atom stereocenters. The number of carbonyl (C=O) groups is 1. The van der Waals surface area contributed by atoms with Crippen molar-refractivity contribution in [2.75, 3.05) is 36.4 Å². The molecule has 0 aromatic heterocycles. The van der Waals surface area contributed by atoms with Crippen LogP contribution in [0, 0.1) is 0 Å². The van der Waals surface area contributed by atoms with E-state index in [4.69, 9.17) is 11.6 Å². The first-order valence-electron chi connectivity index (χ1n) is 9.40. The molecule has 0 aliphatic carbocycles. The average molecular weight is 433 g/mol. The minimum absolute atomic E-state index is 0.00324. The third kappa shape index (κ3) is 4.38. The Morgan fingerprint density at radius 2 is 1.83 bits per heavy atom. The maximum atomic E-state index is 12.6. The average Bonchev–Trinajstić information content (AvgIpc) is 2.72. The normalized spacial score (nSPS) is 17.9. The van der Waals surface area contributed by atoms with Crippen LogP contribution in [0.4, 0.5) is 11.4 Å². The second kappa shape index (κ2) is 8.04. The molecule has 4 rings (SSSR count). The largest absolute Gasteiger partial charge is 0.368 e. The standard InChI is InChI=1S/C20H21ClN4O3S/c21-15-4-3-5-16(14-15)24-10-12-25(13-11-24)20(26)9-8-19-22-17-6-1-2-7-18(17)29(27,28)23-19/h1-7,14H,8-13H2,(H,22,23). The lowest BCUT2D eigenvalue weighted by Crippen LogP contribution is -2.48. The van der Waals surface area contributed by atoms with E-state index in [9.17, 15) is 13.2 Å². The summed E-state index contributed by atoms with van der Waals surface area (Å²) >= 11 is 6.06. The van der Waals surface area contributed by atoms with Gasteiger partial charge in [-0.1, -0.05) is 29.8 Å². The summed E-state index contributed by atoms with van der Waals surface area (Å²) in [6.07, 6.45) is 0.460. The van der Waals surface area contributed by atoms with Crippen LogP contribution in [0.25, 0.3) is 0 Å². The number of anilines is 2. The third-order valence-electron chi connectivity index (χ3n) is 5.06. The van der Waals surface area contributed by atoms with Crippen LogP contribution in [0.2, 0.25) is 5.02 Å². The highest BCUT2D eigenvalue weighted by Gasteiger charge is 2.26. The molecule has 1 fully saturated rings. The van der Waals surface area contributed by atoms with Crippen LogP contribution in [0.1, 0.15) is 12.8 Å². The maximum Gasteiger partial charge on any atom is 0.286 e. The molecule has 2 aromatic rings. The van der Waals surface area contributed by atoms with Gasteiger partial charge in [-0.25, -0.2) is 0 Å². The maximum absolute atomic E-state index is 12.6. The zero-order valence-electron chi connectivity index (χ0n) is 15.7. The number of nitrogens with zero attached hydrogens (tertiary/aromatic N) is 3. The van der Waals surface area contributed by atoms with E-state index in [0.29, 0.717) is 29.6 Å². The summed E-state index contributed by atoms with van der Waals surface area (Å²) in [6.45, 7) is 2.69. The molecule has 9 heteroatoms. The fourth-order valence-electron chi connectivity index (χ4n) is 3.55. The van der Waals surface area contributed by atoms with Gasteiger partial charge in [0, 0.05) is 49.7 Å². The Morgan fingerprint density at radius 3 is 2.59 bits per heavy atom. The topological polar surface area (TPSA) is 82.1 Å². The molecule has 29 heavy (non-hydrogen) atoms. The van der Waals surface area contributed by atoms with Gasteiger partial charge in [-0.15, -0.1) is 4.40 Å². The SMILES string of the molecule is O=C(CCC1=NS(=O)(=O)c2ccccc2N1)N1CCN(c2cccc(Cl)c2)CC1. The van der Waals surface area contributed by atoms with E-state index in [-0.39, 0.29) is 23.6 Å². The summed E-state index contributed by atoms with van der Waals surface area (Å²) < 4.78 is 28.4. The number of benzene rings is 2. The van der Waals surface area contributed by atoms with Gasteiger partial charge in [-0.2, -0.15) is 8.42 Å². The molecule has 2 aliphatic rings. The first-order chi connectivity index (χ1) is 13.9. The highest BCUT2D eigenvalue weighted by molar-refractivity contribution is 7.90. The fraction of sp³-hybridized carbons (Fsp3) is 0.300. The van der Waals surface area contributed by atoms with E-state index in [0.717, 1.165) is 18.8 Å². The summed E-state index contributed by atoms with van der Waals surface area (Å²) in [5.41, 5.74) is 1.55. The second-order valence-electron chi connectivity index (χ2n) is 6.98. The summed E-state index contributed by atoms with van der Waals surface area (Å²) in [6, 6.07) is 14.3. The molecule has 0 spiro atoms. The Kier molecular flexibility index (Phi) is 5.47. The molecule has 152 valence electrons. The van der Waals surface area contributed by atoms with Crippen LogP contribution < -0.4 is 10.2 Å². The monoisotopic (exact) mass is 432 g/mol. The van der Waals surface area contributed by atoms with E-state index in [1.807, 2.05) is 29.2 Å². The molecule has 0 radical (unpaired) electrons. The number of hydrogen-bond acceptors (Lipinski definition) is 5. The molecule has 0 unspecified atom stereocenters. The summed E-state index contributed by atoms with van der Waals surface area (Å²) in [5.74, 6) is 0.297. The molecule has 2 aromatic carbocycles. The van der Waals surface area contributed by atoms with Gasteiger partial charge < -0.3 is 15.1 Å². The number of carbonyl (C=O) groups excluding carboxylic acids is 1. The number of piperazine rings is 1. The first kappa shape index (κ1) is 19.7. The van der Waals surface area contributed by atoms with Crippen LogP contribution in [0.5, 0.6) is 0 Å². The molecule has 2 heterocycles. The highest BCUT2D eigenvalue weighted by atomic mass is 35.5. The van der Waals surface area contributed by atoms with Crippen molar-refractivity contribution < 1.29 is 13.2 Å². The van der Waals surface area contributed by atoms with Crippen LogP contribution >= 0.6 is 11.6 Å². The van der Waals surface area contributed by atoms with E-state index in [2.05, 4.69) is 14.6 Å². The summed E-state index contributed by atoms with van der Waals surface area (Å²) in [5, 5.41) is 3.72. The number of amidine groups is 1. The van der Waals surface area contributed by atoms with Crippen molar-refractivity contribution in [3.8, 4) is 0 Å².